The SMILES string of the molecule is CC(C)(C)c1cc(Cl)cc(P(c2cc(Cl)cc(C(C)(C)C)c2O)C(C)(C)C)c1O. The van der Waals surface area contributed by atoms with Gasteiger partial charge in [-0.1, -0.05) is 85.5 Å². The minimum atomic E-state index is -1.16. The summed E-state index contributed by atoms with van der Waals surface area (Å²) in [6.45, 7) is 18.7. The summed E-state index contributed by atoms with van der Waals surface area (Å²) in [6, 6.07) is 7.32. The third kappa shape index (κ3) is 5.22. The lowest BCUT2D eigenvalue weighted by Crippen LogP contribution is -2.29. The highest BCUT2D eigenvalue weighted by molar-refractivity contribution is 7.74. The van der Waals surface area contributed by atoms with E-state index in [9.17, 15) is 10.2 Å². The van der Waals surface area contributed by atoms with Crippen LogP contribution in [0, 0.1) is 0 Å². The van der Waals surface area contributed by atoms with Gasteiger partial charge in [-0.15, -0.1) is 0 Å². The minimum absolute atomic E-state index is 0.246. The summed E-state index contributed by atoms with van der Waals surface area (Å²) in [5.74, 6) is 0.499. The molecule has 0 aliphatic heterocycles. The van der Waals surface area contributed by atoms with Crippen molar-refractivity contribution >= 4 is 41.7 Å². The van der Waals surface area contributed by atoms with Crippen LogP contribution >= 0.6 is 31.1 Å². The van der Waals surface area contributed by atoms with Crippen LogP contribution in [0.3, 0.4) is 0 Å². The van der Waals surface area contributed by atoms with Gasteiger partial charge in [0.05, 0.1) is 0 Å². The first-order chi connectivity index (χ1) is 12.9. The molecule has 2 N–H and O–H groups in total. The molecule has 0 amide bonds. The van der Waals surface area contributed by atoms with Gasteiger partial charge in [-0.3, -0.25) is 0 Å². The molecule has 0 saturated heterocycles. The average Bonchev–Trinajstić information content (AvgIpc) is 2.50. The summed E-state index contributed by atoms with van der Waals surface area (Å²) in [6.07, 6.45) is 0. The van der Waals surface area contributed by atoms with Crippen molar-refractivity contribution in [2.24, 2.45) is 0 Å². The molecule has 0 bridgehead atoms. The number of hydrogen-bond donors (Lipinski definition) is 2. The monoisotopic (exact) mass is 454 g/mol. The third-order valence-electron chi connectivity index (χ3n) is 4.88. The van der Waals surface area contributed by atoms with Crippen molar-refractivity contribution in [1.82, 2.24) is 0 Å². The van der Waals surface area contributed by atoms with Crippen LogP contribution in [0.2, 0.25) is 10.0 Å². The Bertz CT molecular complexity index is 847. The van der Waals surface area contributed by atoms with E-state index in [-0.39, 0.29) is 27.5 Å². The van der Waals surface area contributed by atoms with Crippen molar-refractivity contribution in [3.63, 3.8) is 0 Å². The number of aromatic hydroxyl groups is 2. The highest BCUT2D eigenvalue weighted by Crippen LogP contribution is 2.54. The first-order valence-electron chi connectivity index (χ1n) is 9.81. The van der Waals surface area contributed by atoms with Gasteiger partial charge in [0.15, 0.2) is 0 Å². The lowest BCUT2D eigenvalue weighted by Gasteiger charge is -2.36. The van der Waals surface area contributed by atoms with E-state index in [1.807, 2.05) is 24.3 Å². The number of phenols is 2. The van der Waals surface area contributed by atoms with Crippen LogP contribution < -0.4 is 10.6 Å². The Balaban J connectivity index is 2.91. The molecular weight excluding hydrogens is 422 g/mol. The summed E-state index contributed by atoms with van der Waals surface area (Å²) < 4.78 is 0. The molecule has 0 aliphatic carbocycles. The van der Waals surface area contributed by atoms with E-state index < -0.39 is 7.92 Å². The maximum Gasteiger partial charge on any atom is 0.127 e. The summed E-state index contributed by atoms with van der Waals surface area (Å²) >= 11 is 13.0. The van der Waals surface area contributed by atoms with E-state index in [0.717, 1.165) is 21.7 Å². The summed E-state index contributed by atoms with van der Waals surface area (Å²) in [5.41, 5.74) is 1.06. The number of halogens is 2. The van der Waals surface area contributed by atoms with Crippen molar-refractivity contribution in [2.75, 3.05) is 0 Å². The van der Waals surface area contributed by atoms with Crippen LogP contribution in [-0.2, 0) is 10.8 Å². The first kappa shape index (κ1) is 24.3. The van der Waals surface area contributed by atoms with Gasteiger partial charge in [-0.25, -0.2) is 0 Å². The van der Waals surface area contributed by atoms with Gasteiger partial charge in [0.2, 0.25) is 0 Å². The second-order valence-corrected chi connectivity index (χ2v) is 14.5. The Morgan fingerprint density at radius 3 is 1.17 bits per heavy atom. The highest BCUT2D eigenvalue weighted by atomic mass is 35.5. The fourth-order valence-electron chi connectivity index (χ4n) is 3.51. The largest absolute Gasteiger partial charge is 0.507 e. The molecule has 0 saturated carbocycles. The predicted octanol–water partition coefficient (Wildman–Crippen LogP) is 7.23. The molecular formula is C24H33Cl2O2P. The maximum atomic E-state index is 11.3. The van der Waals surface area contributed by atoms with E-state index in [2.05, 4.69) is 62.3 Å². The summed E-state index contributed by atoms with van der Waals surface area (Å²) in [7, 11) is -1.16. The fourth-order valence-corrected chi connectivity index (χ4v) is 7.00. The van der Waals surface area contributed by atoms with Crippen LogP contribution in [0.1, 0.15) is 73.4 Å². The molecule has 2 nitrogen and oxygen atoms in total. The Labute approximate surface area is 187 Å². The Morgan fingerprint density at radius 1 is 0.621 bits per heavy atom. The van der Waals surface area contributed by atoms with Crippen molar-refractivity contribution in [1.29, 1.82) is 0 Å². The van der Waals surface area contributed by atoms with Crippen molar-refractivity contribution in [2.45, 2.75) is 78.3 Å². The molecule has 0 aliphatic rings. The predicted molar refractivity (Wildman–Crippen MR) is 130 cm³/mol. The molecule has 29 heavy (non-hydrogen) atoms. The number of hydrogen-bond acceptors (Lipinski definition) is 2. The molecule has 160 valence electrons. The topological polar surface area (TPSA) is 40.5 Å². The lowest BCUT2D eigenvalue weighted by atomic mass is 9.86. The Kier molecular flexibility index (Phi) is 6.67. The van der Waals surface area contributed by atoms with E-state index in [1.165, 1.54) is 0 Å². The van der Waals surface area contributed by atoms with Gasteiger partial charge >= 0.3 is 0 Å². The van der Waals surface area contributed by atoms with Crippen LogP contribution in [0.5, 0.6) is 11.5 Å². The molecule has 2 rings (SSSR count). The smallest absolute Gasteiger partial charge is 0.127 e. The second kappa shape index (κ2) is 7.95. The van der Waals surface area contributed by atoms with Gasteiger partial charge in [-0.2, -0.15) is 0 Å². The number of phenolic OH excluding ortho intramolecular Hbond substituents is 2. The van der Waals surface area contributed by atoms with Crippen LogP contribution in [0.15, 0.2) is 24.3 Å². The molecule has 2 aromatic rings. The third-order valence-corrected chi connectivity index (χ3v) is 8.30. The molecule has 0 atom stereocenters. The van der Waals surface area contributed by atoms with Gasteiger partial charge in [0, 0.05) is 31.8 Å². The van der Waals surface area contributed by atoms with Gasteiger partial charge in [0.1, 0.15) is 11.5 Å². The quantitative estimate of drug-likeness (QED) is 0.469. The molecule has 0 unspecified atom stereocenters. The molecule has 2 aromatic carbocycles. The van der Waals surface area contributed by atoms with E-state index in [1.54, 1.807) is 0 Å². The van der Waals surface area contributed by atoms with Gasteiger partial charge in [-0.05, 0) is 48.2 Å². The lowest BCUT2D eigenvalue weighted by molar-refractivity contribution is 0.450. The standard InChI is InChI=1S/C24H33Cl2O2P/c1-22(2,3)16-10-14(25)12-18(20(16)27)29(24(7,8)9)19-13-15(26)11-17(21(19)28)23(4,5)6/h10-13,27-28H,1-9H3. The van der Waals surface area contributed by atoms with E-state index in [0.29, 0.717) is 10.0 Å². The summed E-state index contributed by atoms with van der Waals surface area (Å²) in [4.78, 5) is 0. The van der Waals surface area contributed by atoms with Crippen LogP contribution in [-0.4, -0.2) is 15.4 Å². The Hall–Kier alpha value is -0.950. The molecule has 5 heteroatoms. The zero-order chi connectivity index (χ0) is 22.5. The minimum Gasteiger partial charge on any atom is -0.507 e. The van der Waals surface area contributed by atoms with E-state index in [4.69, 9.17) is 23.2 Å². The zero-order valence-electron chi connectivity index (χ0n) is 18.9. The molecule has 0 heterocycles. The zero-order valence-corrected chi connectivity index (χ0v) is 21.3. The number of rotatable bonds is 2. The van der Waals surface area contributed by atoms with Crippen molar-refractivity contribution in [3.05, 3.63) is 45.4 Å². The molecule has 0 spiro atoms. The molecule has 0 radical (unpaired) electrons. The molecule has 0 aromatic heterocycles. The first-order valence-corrected chi connectivity index (χ1v) is 11.9. The highest BCUT2D eigenvalue weighted by Gasteiger charge is 2.36. The normalized spacial score (nSPS) is 13.2. The van der Waals surface area contributed by atoms with Crippen LogP contribution in [0.25, 0.3) is 0 Å². The van der Waals surface area contributed by atoms with Gasteiger partial charge in [0.25, 0.3) is 0 Å². The average molecular weight is 455 g/mol. The van der Waals surface area contributed by atoms with Crippen molar-refractivity contribution < 1.29 is 10.2 Å². The van der Waals surface area contributed by atoms with E-state index >= 15 is 0 Å². The number of benzene rings is 2. The Morgan fingerprint density at radius 2 is 0.931 bits per heavy atom. The van der Waals surface area contributed by atoms with Crippen molar-refractivity contribution in [3.8, 4) is 11.5 Å². The second-order valence-electron chi connectivity index (χ2n) is 10.6. The summed E-state index contributed by atoms with van der Waals surface area (Å²) in [5, 5.41) is 25.0. The maximum absolute atomic E-state index is 11.3. The van der Waals surface area contributed by atoms with Gasteiger partial charge < -0.3 is 10.2 Å². The fraction of sp³-hybridized carbons (Fsp3) is 0.500. The van der Waals surface area contributed by atoms with Crippen LogP contribution in [0.4, 0.5) is 0 Å². The molecule has 0 fully saturated rings.